The first kappa shape index (κ1) is 27.3. The molecule has 2 bridgehead atoms. The van der Waals surface area contributed by atoms with E-state index in [1.54, 1.807) is 24.3 Å². The van der Waals surface area contributed by atoms with Crippen LogP contribution in [0.1, 0.15) is 54.9 Å². The number of nitrogens with two attached hydrogens (primary N) is 1. The molecule has 39 heavy (non-hydrogen) atoms. The van der Waals surface area contributed by atoms with Crippen molar-refractivity contribution in [2.45, 2.75) is 62.8 Å². The molecule has 3 aromatic carbocycles. The van der Waals surface area contributed by atoms with Gasteiger partial charge in [0.15, 0.2) is 0 Å². The number of carbonyl (C=O) groups is 1. The Morgan fingerprint density at radius 3 is 2.18 bits per heavy atom. The molecule has 2 saturated heterocycles. The highest BCUT2D eigenvalue weighted by atomic mass is 19.1. The molecule has 3 aromatic rings. The third-order valence-electron chi connectivity index (χ3n) is 8.29. The topological polar surface area (TPSA) is 64.8 Å². The first-order chi connectivity index (χ1) is 18.9. The first-order valence-electron chi connectivity index (χ1n) is 13.8. The van der Waals surface area contributed by atoms with Crippen LogP contribution < -0.4 is 5.73 Å². The van der Waals surface area contributed by atoms with E-state index in [1.165, 1.54) is 24.3 Å². The average Bonchev–Trinajstić information content (AvgIpc) is 3.18. The van der Waals surface area contributed by atoms with Gasteiger partial charge in [-0.3, -0.25) is 9.69 Å². The van der Waals surface area contributed by atoms with Gasteiger partial charge in [0.2, 0.25) is 0 Å². The molecule has 4 atom stereocenters. The molecular formula is C32H36F2N2O3. The maximum Gasteiger partial charge on any atom is 0.305 e. The third-order valence-corrected chi connectivity index (χ3v) is 8.29. The maximum absolute atomic E-state index is 13.7. The number of hydrogen-bond acceptors (Lipinski definition) is 5. The molecule has 0 aromatic heterocycles. The van der Waals surface area contributed by atoms with Crippen molar-refractivity contribution in [1.29, 1.82) is 0 Å². The predicted molar refractivity (Wildman–Crippen MR) is 147 cm³/mol. The number of benzene rings is 3. The van der Waals surface area contributed by atoms with Gasteiger partial charge in [0.05, 0.1) is 12.7 Å². The van der Waals surface area contributed by atoms with Crippen molar-refractivity contribution in [1.82, 2.24) is 4.90 Å². The highest BCUT2D eigenvalue weighted by Crippen LogP contribution is 2.42. The number of piperidine rings is 1. The standard InChI is InChI=1S/C32H36F2N2O3/c1-36-27-17-18-29(36)28(20-38-31(37)4-2-3-21-5-15-26(35)16-6-21)30(19-27)39-32(22-7-11-24(33)12-8-22)23-9-13-25(34)14-10-23/h5-16,27-30,32H,2-4,17-20,35H2,1H3/t27-,28+,29+,30+/m1/s1. The molecule has 5 rings (SSSR count). The van der Waals surface area contributed by atoms with Crippen molar-refractivity contribution >= 4 is 11.7 Å². The Kier molecular flexibility index (Phi) is 8.58. The van der Waals surface area contributed by atoms with Crippen LogP contribution in [-0.4, -0.2) is 42.7 Å². The molecule has 0 saturated carbocycles. The monoisotopic (exact) mass is 534 g/mol. The summed E-state index contributed by atoms with van der Waals surface area (Å²) in [5, 5.41) is 0. The largest absolute Gasteiger partial charge is 0.465 e. The minimum absolute atomic E-state index is 0.00167. The highest BCUT2D eigenvalue weighted by Gasteiger charge is 2.47. The van der Waals surface area contributed by atoms with Gasteiger partial charge < -0.3 is 15.2 Å². The number of ether oxygens (including phenoxy) is 2. The van der Waals surface area contributed by atoms with Crippen molar-refractivity contribution in [3.05, 3.63) is 101 Å². The van der Waals surface area contributed by atoms with Gasteiger partial charge in [-0.05, 0) is 92.2 Å². The van der Waals surface area contributed by atoms with Crippen LogP contribution in [0.3, 0.4) is 0 Å². The van der Waals surface area contributed by atoms with E-state index in [1.807, 2.05) is 24.3 Å². The number of nitrogens with zero attached hydrogens (tertiary/aromatic N) is 1. The van der Waals surface area contributed by atoms with E-state index in [0.29, 0.717) is 18.9 Å². The van der Waals surface area contributed by atoms with Crippen molar-refractivity contribution in [2.75, 3.05) is 19.4 Å². The minimum atomic E-state index is -0.489. The molecule has 0 unspecified atom stereocenters. The van der Waals surface area contributed by atoms with Crippen molar-refractivity contribution < 1.29 is 23.0 Å². The molecule has 206 valence electrons. The molecule has 0 amide bonds. The Labute approximate surface area is 228 Å². The predicted octanol–water partition coefficient (Wildman–Crippen LogP) is 6.07. The Bertz CT molecular complexity index is 1190. The summed E-state index contributed by atoms with van der Waals surface area (Å²) in [6.45, 7) is 0.284. The summed E-state index contributed by atoms with van der Waals surface area (Å²) >= 11 is 0. The number of hydrogen-bond donors (Lipinski definition) is 1. The average molecular weight is 535 g/mol. The van der Waals surface area contributed by atoms with Crippen LogP contribution in [-0.2, 0) is 20.7 Å². The van der Waals surface area contributed by atoms with Gasteiger partial charge >= 0.3 is 5.97 Å². The number of carbonyl (C=O) groups excluding carboxylic acids is 1. The normalized spacial score (nSPS) is 22.8. The lowest BCUT2D eigenvalue weighted by molar-refractivity contribution is -0.152. The maximum atomic E-state index is 13.7. The zero-order chi connectivity index (χ0) is 27.4. The number of aryl methyl sites for hydroxylation is 1. The van der Waals surface area contributed by atoms with Crippen LogP contribution in [0.4, 0.5) is 14.5 Å². The lowest BCUT2D eigenvalue weighted by Crippen LogP contribution is -2.52. The van der Waals surface area contributed by atoms with Crippen LogP contribution in [0.2, 0.25) is 0 Å². The van der Waals surface area contributed by atoms with Crippen LogP contribution in [0.15, 0.2) is 72.8 Å². The molecule has 7 heteroatoms. The van der Waals surface area contributed by atoms with E-state index in [4.69, 9.17) is 15.2 Å². The molecule has 2 aliphatic rings. The second kappa shape index (κ2) is 12.3. The van der Waals surface area contributed by atoms with Gasteiger partial charge in [-0.1, -0.05) is 36.4 Å². The van der Waals surface area contributed by atoms with Crippen molar-refractivity contribution in [2.24, 2.45) is 5.92 Å². The smallest absolute Gasteiger partial charge is 0.305 e. The van der Waals surface area contributed by atoms with Crippen LogP contribution in [0.25, 0.3) is 0 Å². The number of esters is 1. The summed E-state index contributed by atoms with van der Waals surface area (Å²) in [4.78, 5) is 15.1. The van der Waals surface area contributed by atoms with Crippen molar-refractivity contribution in [3.8, 4) is 0 Å². The van der Waals surface area contributed by atoms with Gasteiger partial charge in [-0.15, -0.1) is 0 Å². The van der Waals surface area contributed by atoms with Crippen LogP contribution in [0.5, 0.6) is 0 Å². The molecular weight excluding hydrogens is 498 g/mol. The molecule has 0 spiro atoms. The fourth-order valence-corrected chi connectivity index (χ4v) is 6.09. The van der Waals surface area contributed by atoms with E-state index in [2.05, 4.69) is 11.9 Å². The number of fused-ring (bicyclic) bond motifs is 2. The number of halogens is 2. The Hall–Kier alpha value is -3.29. The van der Waals surface area contributed by atoms with Crippen LogP contribution in [0, 0.1) is 17.6 Å². The van der Waals surface area contributed by atoms with E-state index in [9.17, 15) is 13.6 Å². The fourth-order valence-electron chi connectivity index (χ4n) is 6.09. The minimum Gasteiger partial charge on any atom is -0.465 e. The first-order valence-corrected chi connectivity index (χ1v) is 13.8. The summed E-state index contributed by atoms with van der Waals surface area (Å²) in [5.41, 5.74) is 9.22. The van der Waals surface area contributed by atoms with Crippen LogP contribution >= 0.6 is 0 Å². The van der Waals surface area contributed by atoms with Gasteiger partial charge in [-0.25, -0.2) is 8.78 Å². The lowest BCUT2D eigenvalue weighted by atomic mass is 9.87. The SMILES string of the molecule is CN1[C@@H]2CC[C@H]1[C@H](COC(=O)CCCc1ccc(N)cc1)[C@@H](OC(c1ccc(F)cc1)c1ccc(F)cc1)C2. The second-order valence-electron chi connectivity index (χ2n) is 10.8. The van der Waals surface area contributed by atoms with Gasteiger partial charge in [0.1, 0.15) is 17.7 Å². The summed E-state index contributed by atoms with van der Waals surface area (Å²) in [7, 11) is 2.14. The van der Waals surface area contributed by atoms with Gasteiger partial charge in [-0.2, -0.15) is 0 Å². The van der Waals surface area contributed by atoms with E-state index in [-0.39, 0.29) is 42.3 Å². The van der Waals surface area contributed by atoms with E-state index < -0.39 is 6.10 Å². The lowest BCUT2D eigenvalue weighted by Gasteiger charge is -2.43. The van der Waals surface area contributed by atoms with E-state index >= 15 is 0 Å². The second-order valence-corrected chi connectivity index (χ2v) is 10.8. The van der Waals surface area contributed by atoms with E-state index in [0.717, 1.165) is 48.1 Å². The number of rotatable bonds is 10. The van der Waals surface area contributed by atoms with Crippen molar-refractivity contribution in [3.63, 3.8) is 0 Å². The van der Waals surface area contributed by atoms with Gasteiger partial charge in [0.25, 0.3) is 0 Å². The Balaban J connectivity index is 1.27. The molecule has 5 nitrogen and oxygen atoms in total. The Morgan fingerprint density at radius 2 is 1.56 bits per heavy atom. The molecule has 0 aliphatic carbocycles. The summed E-state index contributed by atoms with van der Waals surface area (Å²) < 4.78 is 40.0. The Morgan fingerprint density at radius 1 is 0.949 bits per heavy atom. The summed E-state index contributed by atoms with van der Waals surface area (Å²) in [5.74, 6) is -0.857. The number of anilines is 1. The zero-order valence-corrected chi connectivity index (χ0v) is 22.3. The summed E-state index contributed by atoms with van der Waals surface area (Å²) in [6, 6.07) is 20.8. The summed E-state index contributed by atoms with van der Waals surface area (Å²) in [6.07, 6.45) is 4.09. The molecule has 2 N–H and O–H groups in total. The molecule has 2 heterocycles. The fraction of sp³-hybridized carbons (Fsp3) is 0.406. The highest BCUT2D eigenvalue weighted by molar-refractivity contribution is 5.69. The van der Waals surface area contributed by atoms with Gasteiger partial charge in [0, 0.05) is 30.1 Å². The zero-order valence-electron chi connectivity index (χ0n) is 22.3. The quantitative estimate of drug-likeness (QED) is 0.253. The molecule has 2 fully saturated rings. The molecule has 0 radical (unpaired) electrons. The third kappa shape index (κ3) is 6.65. The molecule has 2 aliphatic heterocycles. The number of nitrogen functional groups attached to an aromatic ring is 1.